The Kier molecular flexibility index (Phi) is 3.50. The summed E-state index contributed by atoms with van der Waals surface area (Å²) >= 11 is 7.08. The number of carboxylic acids is 1. The summed E-state index contributed by atoms with van der Waals surface area (Å²) in [5.41, 5.74) is 5.76. The van der Waals surface area contributed by atoms with E-state index < -0.39 is 28.2 Å². The highest BCUT2D eigenvalue weighted by molar-refractivity contribution is 8.00. The van der Waals surface area contributed by atoms with Crippen molar-refractivity contribution < 1.29 is 24.2 Å². The Morgan fingerprint density at radius 1 is 1.68 bits per heavy atom. The van der Waals surface area contributed by atoms with Gasteiger partial charge in [0.25, 0.3) is 5.91 Å². The average Bonchev–Trinajstić information content (AvgIpc) is 2.34. The highest BCUT2D eigenvalue weighted by Crippen LogP contribution is 2.46. The number of carbonyl (C=O) groups excluding carboxylic acids is 2. The van der Waals surface area contributed by atoms with Gasteiger partial charge in [-0.2, -0.15) is 0 Å². The van der Waals surface area contributed by atoms with Gasteiger partial charge in [-0.1, -0.05) is 11.6 Å². The number of alkyl halides is 1. The van der Waals surface area contributed by atoms with E-state index in [4.69, 9.17) is 22.1 Å². The molecule has 0 spiro atoms. The Labute approximate surface area is 117 Å². The molecule has 104 valence electrons. The summed E-state index contributed by atoms with van der Waals surface area (Å²) in [7, 11) is 0. The first-order valence-electron chi connectivity index (χ1n) is 5.28. The highest BCUT2D eigenvalue weighted by atomic mass is 35.5. The van der Waals surface area contributed by atoms with Crippen LogP contribution in [0.3, 0.4) is 0 Å². The van der Waals surface area contributed by atoms with E-state index in [1.807, 2.05) is 0 Å². The molecule has 1 saturated heterocycles. The second-order valence-corrected chi connectivity index (χ2v) is 5.84. The number of β-lactam (4-membered cyclic amide) rings is 1. The fourth-order valence-electron chi connectivity index (χ4n) is 1.90. The summed E-state index contributed by atoms with van der Waals surface area (Å²) in [6.07, 6.45) is 0. The van der Waals surface area contributed by atoms with Crippen LogP contribution in [0, 0.1) is 0 Å². The van der Waals surface area contributed by atoms with E-state index in [0.29, 0.717) is 5.57 Å². The lowest BCUT2D eigenvalue weighted by Crippen LogP contribution is -2.75. The molecule has 7 nitrogen and oxygen atoms in total. The van der Waals surface area contributed by atoms with Crippen LogP contribution in [0.1, 0.15) is 6.92 Å². The van der Waals surface area contributed by atoms with E-state index in [0.717, 1.165) is 4.90 Å². The summed E-state index contributed by atoms with van der Waals surface area (Å²) < 4.78 is 4.78. The number of thioether (sulfide) groups is 1. The van der Waals surface area contributed by atoms with Crippen LogP contribution in [-0.4, -0.2) is 50.6 Å². The molecule has 0 aromatic rings. The minimum absolute atomic E-state index is 0.166. The third kappa shape index (κ3) is 2.19. The molecule has 19 heavy (non-hydrogen) atoms. The predicted molar refractivity (Wildman–Crippen MR) is 67.2 cm³/mol. The molecule has 2 aliphatic rings. The molecule has 2 atom stereocenters. The second-order valence-electron chi connectivity index (χ2n) is 4.14. The zero-order valence-corrected chi connectivity index (χ0v) is 11.5. The number of ether oxygens (including phenoxy) is 1. The lowest BCUT2D eigenvalue weighted by atomic mass is 10.0. The summed E-state index contributed by atoms with van der Waals surface area (Å²) in [6.45, 7) is 1.05. The fourth-order valence-corrected chi connectivity index (χ4v) is 3.55. The molecule has 0 aromatic heterocycles. The lowest BCUT2D eigenvalue weighted by molar-refractivity contribution is -0.150. The lowest BCUT2D eigenvalue weighted by Gasteiger charge is -2.52. The maximum absolute atomic E-state index is 11.8. The molecule has 3 N–H and O–H groups in total. The number of carbonyl (C=O) groups is 3. The normalized spacial score (nSPS) is 29.7. The number of rotatable bonds is 3. The third-order valence-corrected chi connectivity index (χ3v) is 4.70. The fraction of sp³-hybridized carbons (Fsp3) is 0.500. The molecule has 0 unspecified atom stereocenters. The molecule has 1 fully saturated rings. The molecule has 1 amide bonds. The molecule has 2 aliphatic heterocycles. The van der Waals surface area contributed by atoms with Crippen molar-refractivity contribution in [3.63, 3.8) is 0 Å². The van der Waals surface area contributed by atoms with Gasteiger partial charge in [0.15, 0.2) is 0 Å². The van der Waals surface area contributed by atoms with Crippen molar-refractivity contribution in [2.24, 2.45) is 5.73 Å². The van der Waals surface area contributed by atoms with Gasteiger partial charge in [0.05, 0.1) is 0 Å². The van der Waals surface area contributed by atoms with Gasteiger partial charge in [0.1, 0.15) is 17.7 Å². The van der Waals surface area contributed by atoms with Crippen LogP contribution in [-0.2, 0) is 19.1 Å². The number of nitrogens with zero attached hydrogens (tertiary/aromatic N) is 1. The van der Waals surface area contributed by atoms with E-state index in [1.165, 1.54) is 18.7 Å². The van der Waals surface area contributed by atoms with Gasteiger partial charge >= 0.3 is 11.9 Å². The quantitative estimate of drug-likeness (QED) is 0.319. The molecule has 0 radical (unpaired) electrons. The molecule has 0 bridgehead atoms. The number of carboxylic acid groups (broad SMARTS) is 1. The van der Waals surface area contributed by atoms with Gasteiger partial charge in [-0.05, 0) is 0 Å². The molecule has 2 rings (SSSR count). The largest absolute Gasteiger partial charge is 0.477 e. The maximum Gasteiger partial charge on any atom is 0.352 e. The SMILES string of the molecule is CC(=O)OCC1=C(C(=O)O)N2C(=O)[C@@](N)(Cl)[C@H]2SC1. The smallest absolute Gasteiger partial charge is 0.352 e. The van der Waals surface area contributed by atoms with Crippen molar-refractivity contribution in [1.29, 1.82) is 0 Å². The van der Waals surface area contributed by atoms with Crippen molar-refractivity contribution in [3.8, 4) is 0 Å². The van der Waals surface area contributed by atoms with Gasteiger partial charge in [-0.3, -0.25) is 14.5 Å². The van der Waals surface area contributed by atoms with Crippen LogP contribution in [0.15, 0.2) is 11.3 Å². The van der Waals surface area contributed by atoms with Crippen molar-refractivity contribution in [3.05, 3.63) is 11.3 Å². The molecule has 0 aromatic carbocycles. The maximum atomic E-state index is 11.8. The highest BCUT2D eigenvalue weighted by Gasteiger charge is 2.62. The van der Waals surface area contributed by atoms with Gasteiger partial charge in [-0.15, -0.1) is 11.8 Å². The Bertz CT molecular complexity index is 504. The van der Waals surface area contributed by atoms with Crippen LogP contribution < -0.4 is 5.73 Å². The zero-order valence-electron chi connectivity index (χ0n) is 9.88. The van der Waals surface area contributed by atoms with Crippen LogP contribution >= 0.6 is 23.4 Å². The Hall–Kier alpha value is -1.25. The second kappa shape index (κ2) is 4.69. The van der Waals surface area contributed by atoms with Crippen molar-refractivity contribution in [2.45, 2.75) is 17.3 Å². The van der Waals surface area contributed by atoms with Crippen LogP contribution in [0.5, 0.6) is 0 Å². The number of nitrogens with two attached hydrogens (primary N) is 1. The Morgan fingerprint density at radius 2 is 2.32 bits per heavy atom. The third-order valence-electron chi connectivity index (χ3n) is 2.78. The van der Waals surface area contributed by atoms with Crippen molar-refractivity contribution in [2.75, 3.05) is 12.4 Å². The van der Waals surface area contributed by atoms with Crippen LogP contribution in [0.25, 0.3) is 0 Å². The topological polar surface area (TPSA) is 110 Å². The molecule has 0 aliphatic carbocycles. The molecular weight excluding hydrogens is 296 g/mol. The first-order valence-corrected chi connectivity index (χ1v) is 6.71. The predicted octanol–water partition coefficient (Wildman–Crippen LogP) is -0.303. The van der Waals surface area contributed by atoms with Crippen LogP contribution in [0.2, 0.25) is 0 Å². The summed E-state index contributed by atoms with van der Waals surface area (Å²) in [5.74, 6) is -2.17. The van der Waals surface area contributed by atoms with Crippen LogP contribution in [0.4, 0.5) is 0 Å². The minimum Gasteiger partial charge on any atom is -0.477 e. The van der Waals surface area contributed by atoms with Gasteiger partial charge in [-0.25, -0.2) is 4.79 Å². The molecular formula is C10H11ClN2O5S. The first-order chi connectivity index (χ1) is 8.76. The van der Waals surface area contributed by atoms with E-state index in [1.54, 1.807) is 0 Å². The number of hydrogen-bond acceptors (Lipinski definition) is 6. The van der Waals surface area contributed by atoms with Gasteiger partial charge in [0.2, 0.25) is 5.00 Å². The van der Waals surface area contributed by atoms with E-state index >= 15 is 0 Å². The van der Waals surface area contributed by atoms with Gasteiger partial charge in [0, 0.05) is 18.2 Å². The van der Waals surface area contributed by atoms with Crippen molar-refractivity contribution in [1.82, 2.24) is 4.90 Å². The Morgan fingerprint density at radius 3 is 2.84 bits per heavy atom. The summed E-state index contributed by atoms with van der Waals surface area (Å²) in [6, 6.07) is 0. The minimum atomic E-state index is -1.57. The number of hydrogen-bond donors (Lipinski definition) is 2. The van der Waals surface area contributed by atoms with E-state index in [-0.39, 0.29) is 18.1 Å². The average molecular weight is 307 g/mol. The summed E-state index contributed by atoms with van der Waals surface area (Å²) in [4.78, 5) is 33.3. The van der Waals surface area contributed by atoms with Crippen molar-refractivity contribution >= 4 is 41.2 Å². The molecule has 0 saturated carbocycles. The monoisotopic (exact) mass is 306 g/mol. The number of aliphatic carboxylic acids is 1. The standard InChI is InChI=1S/C10H11ClN2O5S/c1-4(14)18-2-5-3-19-9-10(11,12)8(17)13(9)6(5)7(15)16/h9H,2-3,12H2,1H3,(H,15,16)/t9-,10+/m1/s1. The van der Waals surface area contributed by atoms with E-state index in [9.17, 15) is 19.5 Å². The number of amides is 1. The summed E-state index contributed by atoms with van der Waals surface area (Å²) in [5, 5.41) is 8.58. The van der Waals surface area contributed by atoms with Gasteiger partial charge < -0.3 is 15.6 Å². The Balaban J connectivity index is 2.30. The number of halogens is 1. The number of esters is 1. The molecule has 9 heteroatoms. The zero-order chi connectivity index (χ0) is 14.4. The first kappa shape index (κ1) is 14.2. The molecule has 2 heterocycles. The van der Waals surface area contributed by atoms with E-state index in [2.05, 4.69) is 0 Å². The number of fused-ring (bicyclic) bond motifs is 1.